The van der Waals surface area contributed by atoms with Gasteiger partial charge in [0.1, 0.15) is 12.4 Å². The fourth-order valence-electron chi connectivity index (χ4n) is 2.82. The molecule has 1 aliphatic heterocycles. The average molecular weight is 476 g/mol. The van der Waals surface area contributed by atoms with Crippen molar-refractivity contribution in [1.82, 2.24) is 4.90 Å². The molecule has 29 heavy (non-hydrogen) atoms. The number of nitrogens with zero attached hydrogens (tertiary/aromatic N) is 1. The van der Waals surface area contributed by atoms with Gasteiger partial charge in [0, 0.05) is 33.9 Å². The van der Waals surface area contributed by atoms with Crippen molar-refractivity contribution >= 4 is 51.1 Å². The van der Waals surface area contributed by atoms with Crippen LogP contribution in [0.15, 0.2) is 58.6 Å². The summed E-state index contributed by atoms with van der Waals surface area (Å²) < 4.78 is 6.60. The van der Waals surface area contributed by atoms with E-state index in [1.54, 1.807) is 19.2 Å². The second kappa shape index (κ2) is 9.29. The summed E-state index contributed by atoms with van der Waals surface area (Å²) in [6, 6.07) is 11.0. The van der Waals surface area contributed by atoms with Gasteiger partial charge in [-0.15, -0.1) is 0 Å². The number of carbonyl (C=O) groups excluding carboxylic acids is 2. The first-order chi connectivity index (χ1) is 13.8. The largest absolute Gasteiger partial charge is 0.488 e. The Hall–Kier alpha value is -2.57. The summed E-state index contributed by atoms with van der Waals surface area (Å²) in [5.41, 5.74) is 3.37. The van der Waals surface area contributed by atoms with Crippen LogP contribution in [0.4, 0.5) is 5.69 Å². The van der Waals surface area contributed by atoms with Crippen LogP contribution in [-0.2, 0) is 9.59 Å². The number of ether oxygens (including phenoxy) is 1. The minimum Gasteiger partial charge on any atom is -0.488 e. The maximum Gasteiger partial charge on any atom is 0.246 e. The lowest BCUT2D eigenvalue weighted by Gasteiger charge is -2.17. The SMILES string of the molecule is Cc1cc(Br)ccc1NC(=O)CN(C)C(=O)/C=C/C1=Cc2cc(Cl)ccc2OC1. The van der Waals surface area contributed by atoms with Crippen LogP contribution in [-0.4, -0.2) is 36.9 Å². The third-order valence-corrected chi connectivity index (χ3v) is 5.09. The van der Waals surface area contributed by atoms with Crippen LogP contribution in [0.2, 0.25) is 5.02 Å². The zero-order valence-corrected chi connectivity index (χ0v) is 18.4. The second-order valence-corrected chi connectivity index (χ2v) is 8.08. The molecule has 1 N–H and O–H groups in total. The summed E-state index contributed by atoms with van der Waals surface area (Å²) in [5, 5.41) is 3.45. The van der Waals surface area contributed by atoms with Gasteiger partial charge in [0.2, 0.25) is 11.8 Å². The predicted octanol–water partition coefficient (Wildman–Crippen LogP) is 4.84. The van der Waals surface area contributed by atoms with Gasteiger partial charge in [-0.2, -0.15) is 0 Å². The third kappa shape index (κ3) is 5.71. The zero-order chi connectivity index (χ0) is 21.0. The van der Waals surface area contributed by atoms with E-state index in [1.807, 2.05) is 43.3 Å². The van der Waals surface area contributed by atoms with Gasteiger partial charge in [-0.05, 0) is 60.5 Å². The van der Waals surface area contributed by atoms with Crippen molar-refractivity contribution in [2.24, 2.45) is 0 Å². The molecule has 3 rings (SSSR count). The number of halogens is 2. The van der Waals surface area contributed by atoms with Crippen molar-refractivity contribution in [3.05, 3.63) is 74.7 Å². The van der Waals surface area contributed by atoms with E-state index < -0.39 is 0 Å². The van der Waals surface area contributed by atoms with Crippen molar-refractivity contribution in [3.63, 3.8) is 0 Å². The summed E-state index contributed by atoms with van der Waals surface area (Å²) >= 11 is 9.40. The van der Waals surface area contributed by atoms with Crippen molar-refractivity contribution in [2.45, 2.75) is 6.92 Å². The minimum absolute atomic E-state index is 0.0489. The van der Waals surface area contributed by atoms with Gasteiger partial charge in [0.05, 0.1) is 6.54 Å². The highest BCUT2D eigenvalue weighted by atomic mass is 79.9. The Bertz CT molecular complexity index is 1020. The fraction of sp³-hybridized carbons (Fsp3) is 0.182. The topological polar surface area (TPSA) is 58.6 Å². The molecule has 150 valence electrons. The zero-order valence-electron chi connectivity index (χ0n) is 16.0. The molecular formula is C22H20BrClN2O3. The Morgan fingerprint density at radius 3 is 2.83 bits per heavy atom. The first-order valence-electron chi connectivity index (χ1n) is 8.94. The van der Waals surface area contributed by atoms with E-state index in [0.29, 0.717) is 11.6 Å². The number of fused-ring (bicyclic) bond motifs is 1. The van der Waals surface area contributed by atoms with Crippen molar-refractivity contribution in [2.75, 3.05) is 25.5 Å². The highest BCUT2D eigenvalue weighted by molar-refractivity contribution is 9.10. The van der Waals surface area contributed by atoms with E-state index in [0.717, 1.165) is 32.6 Å². The molecule has 2 aromatic rings. The maximum absolute atomic E-state index is 12.3. The van der Waals surface area contributed by atoms with Crippen LogP contribution in [0.1, 0.15) is 11.1 Å². The molecule has 0 fully saturated rings. The standard InChI is InChI=1S/C22H20BrClN2O3/c1-14-9-17(23)4-6-19(14)25-21(27)12-26(2)22(28)8-3-15-10-16-11-18(24)5-7-20(16)29-13-15/h3-11H,12-13H2,1-2H3,(H,25,27)/b8-3+. The molecule has 0 spiro atoms. The molecule has 0 saturated heterocycles. The number of anilines is 1. The molecule has 0 radical (unpaired) electrons. The van der Waals surface area contributed by atoms with E-state index in [9.17, 15) is 9.59 Å². The lowest BCUT2D eigenvalue weighted by atomic mass is 10.1. The maximum atomic E-state index is 12.3. The Morgan fingerprint density at radius 2 is 2.07 bits per heavy atom. The molecule has 0 saturated carbocycles. The Balaban J connectivity index is 1.58. The van der Waals surface area contributed by atoms with E-state index >= 15 is 0 Å². The van der Waals surface area contributed by atoms with Crippen LogP contribution >= 0.6 is 27.5 Å². The molecule has 0 aromatic heterocycles. The number of rotatable bonds is 5. The van der Waals surface area contributed by atoms with Gasteiger partial charge in [-0.3, -0.25) is 9.59 Å². The summed E-state index contributed by atoms with van der Waals surface area (Å²) in [4.78, 5) is 26.0. The third-order valence-electron chi connectivity index (χ3n) is 4.37. The number of carbonyl (C=O) groups is 2. The number of aryl methyl sites for hydroxylation is 1. The molecule has 7 heteroatoms. The number of benzene rings is 2. The highest BCUT2D eigenvalue weighted by Crippen LogP contribution is 2.29. The highest BCUT2D eigenvalue weighted by Gasteiger charge is 2.13. The number of nitrogens with one attached hydrogen (secondary N) is 1. The van der Waals surface area contributed by atoms with Gasteiger partial charge < -0.3 is 15.0 Å². The number of hydrogen-bond acceptors (Lipinski definition) is 3. The van der Waals surface area contributed by atoms with E-state index in [4.69, 9.17) is 16.3 Å². The minimum atomic E-state index is -0.273. The lowest BCUT2D eigenvalue weighted by molar-refractivity contribution is -0.129. The number of amides is 2. The van der Waals surface area contributed by atoms with Crippen molar-refractivity contribution < 1.29 is 14.3 Å². The first kappa shape index (κ1) is 21.1. The van der Waals surface area contributed by atoms with Gasteiger partial charge in [-0.1, -0.05) is 33.6 Å². The van der Waals surface area contributed by atoms with Crippen LogP contribution in [0, 0.1) is 6.92 Å². The molecular weight excluding hydrogens is 456 g/mol. The smallest absolute Gasteiger partial charge is 0.246 e. The van der Waals surface area contributed by atoms with Gasteiger partial charge in [-0.25, -0.2) is 0 Å². The molecule has 1 heterocycles. The summed E-state index contributed by atoms with van der Waals surface area (Å²) in [5.74, 6) is 0.226. The summed E-state index contributed by atoms with van der Waals surface area (Å²) in [6.45, 7) is 2.22. The van der Waals surface area contributed by atoms with Gasteiger partial charge in [0.25, 0.3) is 0 Å². The Morgan fingerprint density at radius 1 is 1.28 bits per heavy atom. The van der Waals surface area contributed by atoms with E-state index in [-0.39, 0.29) is 18.4 Å². The average Bonchev–Trinajstić information content (AvgIpc) is 2.67. The fourth-order valence-corrected chi connectivity index (χ4v) is 3.47. The van der Waals surface area contributed by atoms with E-state index in [2.05, 4.69) is 21.2 Å². The quantitative estimate of drug-likeness (QED) is 0.630. The Kier molecular flexibility index (Phi) is 6.77. The van der Waals surface area contributed by atoms with Crippen molar-refractivity contribution in [1.29, 1.82) is 0 Å². The van der Waals surface area contributed by atoms with Crippen LogP contribution < -0.4 is 10.1 Å². The second-order valence-electron chi connectivity index (χ2n) is 6.73. The molecule has 0 unspecified atom stereocenters. The molecule has 2 aromatic carbocycles. The monoisotopic (exact) mass is 474 g/mol. The first-order valence-corrected chi connectivity index (χ1v) is 10.1. The molecule has 0 aliphatic carbocycles. The normalized spacial score (nSPS) is 12.8. The molecule has 0 bridgehead atoms. The predicted molar refractivity (Wildman–Crippen MR) is 119 cm³/mol. The Labute approximate surface area is 183 Å². The van der Waals surface area contributed by atoms with Gasteiger partial charge in [0.15, 0.2) is 0 Å². The van der Waals surface area contributed by atoms with Gasteiger partial charge >= 0.3 is 0 Å². The number of hydrogen-bond donors (Lipinski definition) is 1. The molecule has 5 nitrogen and oxygen atoms in total. The van der Waals surface area contributed by atoms with Crippen molar-refractivity contribution in [3.8, 4) is 5.75 Å². The van der Waals surface area contributed by atoms with Crippen LogP contribution in [0.5, 0.6) is 5.75 Å². The van der Waals surface area contributed by atoms with Crippen LogP contribution in [0.3, 0.4) is 0 Å². The number of likely N-dealkylation sites (N-methyl/N-ethyl adjacent to an activating group) is 1. The molecule has 2 amide bonds. The van der Waals surface area contributed by atoms with Crippen LogP contribution in [0.25, 0.3) is 6.08 Å². The molecule has 0 atom stereocenters. The summed E-state index contributed by atoms with van der Waals surface area (Å²) in [6.07, 6.45) is 5.06. The van der Waals surface area contributed by atoms with E-state index in [1.165, 1.54) is 11.0 Å². The molecule has 1 aliphatic rings. The lowest BCUT2D eigenvalue weighted by Crippen LogP contribution is -2.34. The summed E-state index contributed by atoms with van der Waals surface area (Å²) in [7, 11) is 1.58.